The van der Waals surface area contributed by atoms with Crippen LogP contribution in [0, 0.1) is 0 Å². The molecule has 0 bridgehead atoms. The molecule has 0 N–H and O–H groups in total. The van der Waals surface area contributed by atoms with E-state index in [-0.39, 0.29) is 0 Å². The highest BCUT2D eigenvalue weighted by molar-refractivity contribution is 5.85. The molecule has 2 rings (SSSR count). The third-order valence-electron chi connectivity index (χ3n) is 3.59. The average molecular weight is 319 g/mol. The number of nitrogens with zero attached hydrogens (tertiary/aromatic N) is 1. The number of esters is 1. The summed E-state index contributed by atoms with van der Waals surface area (Å²) in [4.78, 5) is 37.1. The molecular formula is C17H21NO5. The lowest BCUT2D eigenvalue weighted by Gasteiger charge is -2.36. The van der Waals surface area contributed by atoms with Crippen molar-refractivity contribution in [1.82, 2.24) is 4.90 Å². The van der Waals surface area contributed by atoms with E-state index in [1.807, 2.05) is 0 Å². The second kappa shape index (κ2) is 6.40. The Morgan fingerprint density at radius 1 is 1.30 bits per heavy atom. The minimum Gasteiger partial charge on any atom is -0.467 e. The highest BCUT2D eigenvalue weighted by Crippen LogP contribution is 2.32. The van der Waals surface area contributed by atoms with Gasteiger partial charge >= 0.3 is 12.1 Å². The molecule has 1 atom stereocenters. The van der Waals surface area contributed by atoms with Crippen LogP contribution in [0.25, 0.3) is 0 Å². The number of carbonyl (C=O) groups excluding carboxylic acids is 3. The Balaban J connectivity index is 2.42. The Hall–Kier alpha value is -2.37. The summed E-state index contributed by atoms with van der Waals surface area (Å²) in [5.74, 6) is -0.556. The molecule has 0 spiro atoms. The van der Waals surface area contributed by atoms with Crippen molar-refractivity contribution >= 4 is 18.3 Å². The number of hydrogen-bond donors (Lipinski definition) is 0. The van der Waals surface area contributed by atoms with Crippen LogP contribution in [0.2, 0.25) is 0 Å². The number of aldehydes is 1. The third kappa shape index (κ3) is 3.70. The molecule has 0 saturated carbocycles. The smallest absolute Gasteiger partial charge is 0.411 e. The van der Waals surface area contributed by atoms with Gasteiger partial charge in [0.15, 0.2) is 6.04 Å². The zero-order chi connectivity index (χ0) is 17.2. The van der Waals surface area contributed by atoms with Gasteiger partial charge in [0.25, 0.3) is 0 Å². The highest BCUT2D eigenvalue weighted by Gasteiger charge is 2.38. The Bertz CT molecular complexity index is 632. The molecule has 1 aromatic carbocycles. The van der Waals surface area contributed by atoms with Crippen molar-refractivity contribution in [2.45, 2.75) is 38.8 Å². The molecule has 1 unspecified atom stereocenters. The van der Waals surface area contributed by atoms with Crippen molar-refractivity contribution in [1.29, 1.82) is 0 Å². The van der Waals surface area contributed by atoms with Gasteiger partial charge in [-0.25, -0.2) is 9.59 Å². The SMILES string of the molecule is COC(=O)C1c2cc(C=O)ccc2CCN1C(=O)OC(C)(C)C. The Labute approximate surface area is 135 Å². The van der Waals surface area contributed by atoms with Crippen LogP contribution >= 0.6 is 0 Å². The fourth-order valence-corrected chi connectivity index (χ4v) is 2.59. The number of amides is 1. The van der Waals surface area contributed by atoms with Crippen molar-refractivity contribution in [3.63, 3.8) is 0 Å². The second-order valence-electron chi connectivity index (χ2n) is 6.43. The lowest BCUT2D eigenvalue weighted by molar-refractivity contribution is -0.147. The van der Waals surface area contributed by atoms with Crippen molar-refractivity contribution in [2.75, 3.05) is 13.7 Å². The molecule has 0 aliphatic carbocycles. The van der Waals surface area contributed by atoms with Crippen LogP contribution in [0.15, 0.2) is 18.2 Å². The molecule has 1 aliphatic heterocycles. The maximum absolute atomic E-state index is 12.4. The first-order valence-electron chi connectivity index (χ1n) is 7.42. The van der Waals surface area contributed by atoms with Gasteiger partial charge in [0, 0.05) is 12.1 Å². The summed E-state index contributed by atoms with van der Waals surface area (Å²) in [6.45, 7) is 5.64. The van der Waals surface area contributed by atoms with Gasteiger partial charge in [-0.1, -0.05) is 12.1 Å². The van der Waals surface area contributed by atoms with Gasteiger partial charge in [-0.3, -0.25) is 9.69 Å². The van der Waals surface area contributed by atoms with E-state index in [1.165, 1.54) is 12.0 Å². The van der Waals surface area contributed by atoms with Crippen molar-refractivity contribution < 1.29 is 23.9 Å². The number of methoxy groups -OCH3 is 1. The number of ether oxygens (including phenoxy) is 2. The Kier molecular flexibility index (Phi) is 4.73. The molecular weight excluding hydrogens is 298 g/mol. The number of benzene rings is 1. The van der Waals surface area contributed by atoms with Crippen LogP contribution in [-0.2, 0) is 20.7 Å². The monoisotopic (exact) mass is 319 g/mol. The van der Waals surface area contributed by atoms with Gasteiger partial charge < -0.3 is 9.47 Å². The number of rotatable bonds is 2. The predicted octanol–water partition coefficient (Wildman–Crippen LogP) is 2.51. The van der Waals surface area contributed by atoms with E-state index in [4.69, 9.17) is 9.47 Å². The summed E-state index contributed by atoms with van der Waals surface area (Å²) in [7, 11) is 1.27. The quantitative estimate of drug-likeness (QED) is 0.618. The first-order chi connectivity index (χ1) is 10.8. The van der Waals surface area contributed by atoms with E-state index < -0.39 is 23.7 Å². The van der Waals surface area contributed by atoms with E-state index in [0.717, 1.165) is 5.56 Å². The summed E-state index contributed by atoms with van der Waals surface area (Å²) in [5, 5.41) is 0. The molecule has 0 saturated heterocycles. The van der Waals surface area contributed by atoms with Crippen LogP contribution < -0.4 is 0 Å². The average Bonchev–Trinajstić information content (AvgIpc) is 2.50. The van der Waals surface area contributed by atoms with Crippen LogP contribution in [0.5, 0.6) is 0 Å². The normalized spacial score (nSPS) is 17.2. The lowest BCUT2D eigenvalue weighted by atomic mass is 9.91. The van der Waals surface area contributed by atoms with Gasteiger partial charge in [0.2, 0.25) is 0 Å². The molecule has 0 fully saturated rings. The number of hydrogen-bond acceptors (Lipinski definition) is 5. The van der Waals surface area contributed by atoms with Gasteiger partial charge in [0.1, 0.15) is 11.9 Å². The standard InChI is InChI=1S/C17H21NO5/c1-17(2,3)23-16(21)18-8-7-12-6-5-11(10-19)9-13(12)14(18)15(20)22-4/h5-6,9-10,14H,7-8H2,1-4H3. The second-order valence-corrected chi connectivity index (χ2v) is 6.43. The van der Waals surface area contributed by atoms with E-state index in [0.29, 0.717) is 30.4 Å². The molecule has 1 aliphatic rings. The summed E-state index contributed by atoms with van der Waals surface area (Å²) in [6, 6.07) is 4.23. The Morgan fingerprint density at radius 2 is 2.00 bits per heavy atom. The molecule has 1 amide bonds. The van der Waals surface area contributed by atoms with Gasteiger partial charge in [-0.05, 0) is 44.4 Å². The molecule has 6 heteroatoms. The van der Waals surface area contributed by atoms with Gasteiger partial charge in [-0.15, -0.1) is 0 Å². The number of fused-ring (bicyclic) bond motifs is 1. The fourth-order valence-electron chi connectivity index (χ4n) is 2.59. The minimum absolute atomic E-state index is 0.349. The molecule has 1 heterocycles. The van der Waals surface area contributed by atoms with Gasteiger partial charge in [-0.2, -0.15) is 0 Å². The highest BCUT2D eigenvalue weighted by atomic mass is 16.6. The topological polar surface area (TPSA) is 72.9 Å². The largest absolute Gasteiger partial charge is 0.467 e. The summed E-state index contributed by atoms with van der Waals surface area (Å²) in [6.07, 6.45) is 0.720. The zero-order valence-corrected chi connectivity index (χ0v) is 13.8. The number of carbonyl (C=O) groups is 3. The Morgan fingerprint density at radius 3 is 2.57 bits per heavy atom. The van der Waals surface area contributed by atoms with Crippen molar-refractivity contribution in [2.24, 2.45) is 0 Å². The third-order valence-corrected chi connectivity index (χ3v) is 3.59. The maximum Gasteiger partial charge on any atom is 0.411 e. The van der Waals surface area contributed by atoms with Gasteiger partial charge in [0.05, 0.1) is 7.11 Å². The van der Waals surface area contributed by atoms with Crippen molar-refractivity contribution in [3.05, 3.63) is 34.9 Å². The molecule has 1 aromatic rings. The molecule has 23 heavy (non-hydrogen) atoms. The van der Waals surface area contributed by atoms with Crippen molar-refractivity contribution in [3.8, 4) is 0 Å². The molecule has 6 nitrogen and oxygen atoms in total. The fraction of sp³-hybridized carbons (Fsp3) is 0.471. The molecule has 0 aromatic heterocycles. The van der Waals surface area contributed by atoms with Crippen LogP contribution in [0.3, 0.4) is 0 Å². The first-order valence-corrected chi connectivity index (χ1v) is 7.42. The lowest BCUT2D eigenvalue weighted by Crippen LogP contribution is -2.46. The molecule has 124 valence electrons. The van der Waals surface area contributed by atoms with E-state index in [2.05, 4.69) is 0 Å². The van der Waals surface area contributed by atoms with E-state index in [1.54, 1.807) is 39.0 Å². The van der Waals surface area contributed by atoms with Crippen LogP contribution in [-0.4, -0.2) is 42.5 Å². The first kappa shape index (κ1) is 17.0. The summed E-state index contributed by atoms with van der Waals surface area (Å²) < 4.78 is 10.2. The minimum atomic E-state index is -0.904. The van der Waals surface area contributed by atoms with E-state index >= 15 is 0 Å². The predicted molar refractivity (Wildman–Crippen MR) is 83.2 cm³/mol. The van der Waals surface area contributed by atoms with E-state index in [9.17, 15) is 14.4 Å². The zero-order valence-electron chi connectivity index (χ0n) is 13.8. The molecule has 0 radical (unpaired) electrons. The summed E-state index contributed by atoms with van der Waals surface area (Å²) in [5.41, 5.74) is 1.32. The summed E-state index contributed by atoms with van der Waals surface area (Å²) >= 11 is 0. The maximum atomic E-state index is 12.4. The van der Waals surface area contributed by atoms with Crippen LogP contribution in [0.4, 0.5) is 4.79 Å². The van der Waals surface area contributed by atoms with Crippen LogP contribution in [0.1, 0.15) is 48.3 Å².